The summed E-state index contributed by atoms with van der Waals surface area (Å²) >= 11 is 5.95. The van der Waals surface area contributed by atoms with Crippen LogP contribution < -0.4 is 9.46 Å². The molecule has 1 amide bonds. The van der Waals surface area contributed by atoms with E-state index in [9.17, 15) is 13.2 Å². The van der Waals surface area contributed by atoms with E-state index in [1.54, 1.807) is 47.3 Å². The van der Waals surface area contributed by atoms with Gasteiger partial charge < -0.3 is 9.47 Å². The number of nitrogens with zero attached hydrogens (tertiary/aromatic N) is 4. The topological polar surface area (TPSA) is 125 Å². The second-order valence-corrected chi connectivity index (χ2v) is 10.9. The molecule has 0 unspecified atom stereocenters. The van der Waals surface area contributed by atoms with Crippen molar-refractivity contribution >= 4 is 38.4 Å². The number of aromatic nitrogens is 4. The highest BCUT2D eigenvalue weighted by Crippen LogP contribution is 2.35. The number of carbonyl (C=O) groups is 1. The van der Waals surface area contributed by atoms with E-state index in [0.29, 0.717) is 53.5 Å². The number of methoxy groups -OCH3 is 1. The lowest BCUT2D eigenvalue weighted by molar-refractivity contribution is 0.0548. The minimum Gasteiger partial charge on any atom is -0.494 e. The van der Waals surface area contributed by atoms with Crippen molar-refractivity contribution in [1.82, 2.24) is 24.5 Å². The molecule has 1 aliphatic rings. The molecule has 0 bridgehead atoms. The third-order valence-corrected chi connectivity index (χ3v) is 7.94. The molecule has 4 heterocycles. The smallest absolute Gasteiger partial charge is 0.285 e. The molecule has 1 saturated heterocycles. The van der Waals surface area contributed by atoms with Gasteiger partial charge in [-0.1, -0.05) is 24.6 Å². The standard InChI is InChI=1S/C25H24ClN5O5S/c1-25(11-14-36-15-12-25)21-9-8-20(35-2)24(28-21)37(33,34)30-23(32)18-7-6-16-17(27-18)4-3-5-19(16)31-13-10-22(26)29-31/h3-10,13H,11-12,14-15H2,1-2H3,(H,30,32). The first-order valence-corrected chi connectivity index (χ1v) is 13.4. The van der Waals surface area contributed by atoms with Crippen LogP contribution in [0.3, 0.4) is 0 Å². The van der Waals surface area contributed by atoms with E-state index in [0.717, 1.165) is 0 Å². The lowest BCUT2D eigenvalue weighted by Gasteiger charge is -2.33. The van der Waals surface area contributed by atoms with Gasteiger partial charge in [-0.15, -0.1) is 0 Å². The predicted molar refractivity (Wildman–Crippen MR) is 137 cm³/mol. The molecule has 3 aromatic heterocycles. The van der Waals surface area contributed by atoms with E-state index >= 15 is 0 Å². The fraction of sp³-hybridized carbons (Fsp3) is 0.280. The van der Waals surface area contributed by atoms with Gasteiger partial charge in [-0.25, -0.2) is 19.4 Å². The molecular formula is C25H24ClN5O5S. The molecule has 0 atom stereocenters. The van der Waals surface area contributed by atoms with E-state index in [-0.39, 0.29) is 21.9 Å². The van der Waals surface area contributed by atoms with Gasteiger partial charge >= 0.3 is 0 Å². The van der Waals surface area contributed by atoms with Crippen molar-refractivity contribution in [3.8, 4) is 11.4 Å². The van der Waals surface area contributed by atoms with Crippen LogP contribution in [0.25, 0.3) is 16.6 Å². The van der Waals surface area contributed by atoms with Crippen LogP contribution in [0.4, 0.5) is 0 Å². The van der Waals surface area contributed by atoms with Crippen LogP contribution in [0, 0.1) is 0 Å². The fourth-order valence-electron chi connectivity index (χ4n) is 4.31. The van der Waals surface area contributed by atoms with Crippen molar-refractivity contribution in [2.45, 2.75) is 30.2 Å². The highest BCUT2D eigenvalue weighted by Gasteiger charge is 2.34. The summed E-state index contributed by atoms with van der Waals surface area (Å²) in [7, 11) is -3.03. The third-order valence-electron chi connectivity index (χ3n) is 6.49. The Balaban J connectivity index is 1.45. The highest BCUT2D eigenvalue weighted by molar-refractivity contribution is 7.90. The summed E-state index contributed by atoms with van der Waals surface area (Å²) in [5.41, 5.74) is 1.37. The number of nitrogens with one attached hydrogen (secondary N) is 1. The largest absolute Gasteiger partial charge is 0.494 e. The number of fused-ring (bicyclic) bond motifs is 1. The van der Waals surface area contributed by atoms with Gasteiger partial charge in [-0.05, 0) is 55.3 Å². The number of sulfonamides is 1. The first-order valence-electron chi connectivity index (χ1n) is 11.5. The quantitative estimate of drug-likeness (QED) is 0.392. The van der Waals surface area contributed by atoms with Crippen LogP contribution in [0.5, 0.6) is 5.75 Å². The number of ether oxygens (including phenoxy) is 2. The Morgan fingerprint density at radius 1 is 1.11 bits per heavy atom. The second kappa shape index (κ2) is 9.73. The molecule has 0 spiro atoms. The van der Waals surface area contributed by atoms with Gasteiger partial charge in [-0.2, -0.15) is 13.5 Å². The third kappa shape index (κ3) is 4.89. The predicted octanol–water partition coefficient (Wildman–Crippen LogP) is 3.66. The minimum absolute atomic E-state index is 0.0358. The van der Waals surface area contributed by atoms with Gasteiger partial charge in [0.15, 0.2) is 10.9 Å². The number of amides is 1. The van der Waals surface area contributed by atoms with Crippen LogP contribution >= 0.6 is 11.6 Å². The number of hydrogen-bond donors (Lipinski definition) is 1. The molecular weight excluding hydrogens is 518 g/mol. The summed E-state index contributed by atoms with van der Waals surface area (Å²) in [5, 5.41) is 4.90. The van der Waals surface area contributed by atoms with Gasteiger partial charge in [-0.3, -0.25) is 4.79 Å². The van der Waals surface area contributed by atoms with Gasteiger partial charge in [0.25, 0.3) is 15.9 Å². The molecule has 10 nitrogen and oxygen atoms in total. The Kier molecular flexibility index (Phi) is 6.61. The molecule has 12 heteroatoms. The Morgan fingerprint density at radius 3 is 2.59 bits per heavy atom. The van der Waals surface area contributed by atoms with Crippen molar-refractivity contribution < 1.29 is 22.7 Å². The Hall–Kier alpha value is -3.54. The zero-order chi connectivity index (χ0) is 26.2. The lowest BCUT2D eigenvalue weighted by atomic mass is 9.79. The van der Waals surface area contributed by atoms with E-state index in [1.807, 2.05) is 13.0 Å². The molecule has 0 aliphatic carbocycles. The van der Waals surface area contributed by atoms with E-state index < -0.39 is 15.9 Å². The van der Waals surface area contributed by atoms with E-state index in [1.165, 1.54) is 13.2 Å². The average Bonchev–Trinajstić information content (AvgIpc) is 3.33. The maximum Gasteiger partial charge on any atom is 0.285 e. The molecule has 1 aliphatic heterocycles. The van der Waals surface area contributed by atoms with Gasteiger partial charge in [0.2, 0.25) is 5.03 Å². The summed E-state index contributed by atoms with van der Waals surface area (Å²) in [4.78, 5) is 21.8. The number of pyridine rings is 2. The molecule has 192 valence electrons. The van der Waals surface area contributed by atoms with Crippen molar-refractivity contribution in [3.63, 3.8) is 0 Å². The summed E-state index contributed by atoms with van der Waals surface area (Å²) < 4.78 is 41.0. The van der Waals surface area contributed by atoms with Crippen LogP contribution in [0.2, 0.25) is 5.15 Å². The molecule has 1 aromatic carbocycles. The molecule has 1 fully saturated rings. The molecule has 1 N–H and O–H groups in total. The van der Waals surface area contributed by atoms with Crippen LogP contribution in [0.1, 0.15) is 35.9 Å². The fourth-order valence-corrected chi connectivity index (χ4v) is 5.53. The molecule has 4 aromatic rings. The summed E-state index contributed by atoms with van der Waals surface area (Å²) in [6.45, 7) is 3.14. The van der Waals surface area contributed by atoms with Crippen molar-refractivity contribution in [3.05, 3.63) is 71.3 Å². The number of carbonyl (C=O) groups excluding carboxylic acids is 1. The van der Waals surface area contributed by atoms with Crippen LogP contribution in [-0.4, -0.2) is 54.4 Å². The van der Waals surface area contributed by atoms with Crippen LogP contribution in [0.15, 0.2) is 59.8 Å². The number of benzene rings is 1. The van der Waals surface area contributed by atoms with E-state index in [4.69, 9.17) is 21.1 Å². The lowest BCUT2D eigenvalue weighted by Crippen LogP contribution is -2.34. The molecule has 0 radical (unpaired) electrons. The van der Waals surface area contributed by atoms with Gasteiger partial charge in [0.05, 0.1) is 18.3 Å². The van der Waals surface area contributed by atoms with Crippen molar-refractivity contribution in [2.75, 3.05) is 20.3 Å². The zero-order valence-corrected chi connectivity index (χ0v) is 21.7. The number of halogens is 1. The Bertz CT molecular complexity index is 1600. The Morgan fingerprint density at radius 2 is 1.89 bits per heavy atom. The maximum absolute atomic E-state index is 13.3. The maximum atomic E-state index is 13.3. The van der Waals surface area contributed by atoms with Crippen LogP contribution in [-0.2, 0) is 20.2 Å². The SMILES string of the molecule is COc1ccc(C2(C)CCOCC2)nc1S(=O)(=O)NC(=O)c1ccc2c(-n3ccc(Cl)n3)cccc2n1. The molecule has 5 rings (SSSR count). The second-order valence-electron chi connectivity index (χ2n) is 8.93. The first-order chi connectivity index (χ1) is 17.7. The summed E-state index contributed by atoms with van der Waals surface area (Å²) in [6.07, 6.45) is 3.11. The highest BCUT2D eigenvalue weighted by atomic mass is 35.5. The van der Waals surface area contributed by atoms with Crippen molar-refractivity contribution in [1.29, 1.82) is 0 Å². The number of hydrogen-bond acceptors (Lipinski definition) is 8. The normalized spacial score (nSPS) is 15.4. The molecule has 37 heavy (non-hydrogen) atoms. The summed E-state index contributed by atoms with van der Waals surface area (Å²) in [5.74, 6) is -0.852. The van der Waals surface area contributed by atoms with Gasteiger partial charge in [0, 0.05) is 35.9 Å². The van der Waals surface area contributed by atoms with Gasteiger partial charge in [0.1, 0.15) is 5.69 Å². The van der Waals surface area contributed by atoms with Crippen molar-refractivity contribution in [2.24, 2.45) is 0 Å². The number of rotatable bonds is 6. The zero-order valence-electron chi connectivity index (χ0n) is 20.1. The Labute approximate surface area is 218 Å². The average molecular weight is 542 g/mol. The van der Waals surface area contributed by atoms with E-state index in [2.05, 4.69) is 19.8 Å². The molecule has 0 saturated carbocycles. The monoisotopic (exact) mass is 541 g/mol. The first kappa shape index (κ1) is 25.1. The minimum atomic E-state index is -4.38. The summed E-state index contributed by atoms with van der Waals surface area (Å²) in [6, 6.07) is 13.4.